The van der Waals surface area contributed by atoms with Crippen LogP contribution in [-0.2, 0) is 14.3 Å². The molecule has 2 rings (SSSR count). The van der Waals surface area contributed by atoms with E-state index in [2.05, 4.69) is 10.6 Å². The fraction of sp³-hybridized carbons (Fsp3) is 0.550. The number of hydrogen-bond acceptors (Lipinski definition) is 4. The minimum atomic E-state index is -0.907. The molecule has 1 saturated carbocycles. The van der Waals surface area contributed by atoms with Crippen molar-refractivity contribution in [2.24, 2.45) is 5.73 Å². The van der Waals surface area contributed by atoms with Gasteiger partial charge in [-0.3, -0.25) is 9.59 Å². The van der Waals surface area contributed by atoms with Gasteiger partial charge in [0.15, 0.2) is 6.10 Å². The minimum Gasteiger partial charge on any atom is -0.452 e. The number of primary amides is 1. The zero-order chi connectivity index (χ0) is 20.5. The highest BCUT2D eigenvalue weighted by atomic mass is 35.5. The van der Waals surface area contributed by atoms with E-state index in [-0.39, 0.29) is 18.4 Å². The average Bonchev–Trinajstić information content (AvgIpc) is 2.90. The maximum absolute atomic E-state index is 12.3. The molecule has 1 fully saturated rings. The Bertz CT molecular complexity index is 673. The SMILES string of the molecule is C[C@@H](OC(=O)C[C@@H](NC(N)=O)c1ccc(Cl)cc1)C(=O)NC1CCCCCC1. The lowest BCUT2D eigenvalue weighted by Gasteiger charge is -2.21. The van der Waals surface area contributed by atoms with E-state index in [9.17, 15) is 14.4 Å². The Morgan fingerprint density at radius 1 is 1.14 bits per heavy atom. The molecule has 0 aromatic heterocycles. The summed E-state index contributed by atoms with van der Waals surface area (Å²) in [6.07, 6.45) is 5.43. The fourth-order valence-corrected chi connectivity index (χ4v) is 3.45. The number of urea groups is 1. The van der Waals surface area contributed by atoms with Gasteiger partial charge in [0.1, 0.15) is 0 Å². The molecule has 1 aliphatic rings. The fourth-order valence-electron chi connectivity index (χ4n) is 3.33. The van der Waals surface area contributed by atoms with E-state index in [1.165, 1.54) is 12.8 Å². The third kappa shape index (κ3) is 7.38. The maximum Gasteiger partial charge on any atom is 0.312 e. The molecule has 0 radical (unpaired) electrons. The molecule has 0 unspecified atom stereocenters. The number of carbonyl (C=O) groups excluding carboxylic acids is 3. The van der Waals surface area contributed by atoms with Gasteiger partial charge in [-0.2, -0.15) is 0 Å². The summed E-state index contributed by atoms with van der Waals surface area (Å²) in [6.45, 7) is 1.54. The van der Waals surface area contributed by atoms with Gasteiger partial charge in [0, 0.05) is 11.1 Å². The molecule has 28 heavy (non-hydrogen) atoms. The number of rotatable bonds is 7. The van der Waals surface area contributed by atoms with Crippen molar-refractivity contribution in [1.82, 2.24) is 10.6 Å². The molecule has 1 aromatic rings. The quantitative estimate of drug-likeness (QED) is 0.474. The number of carbonyl (C=O) groups is 3. The maximum atomic E-state index is 12.3. The van der Waals surface area contributed by atoms with Gasteiger partial charge in [0.2, 0.25) is 0 Å². The van der Waals surface area contributed by atoms with Crippen molar-refractivity contribution in [3.63, 3.8) is 0 Å². The van der Waals surface area contributed by atoms with Gasteiger partial charge in [-0.15, -0.1) is 0 Å². The third-order valence-electron chi connectivity index (χ3n) is 4.84. The number of ether oxygens (including phenoxy) is 1. The lowest BCUT2D eigenvalue weighted by molar-refractivity contribution is -0.155. The number of benzene rings is 1. The van der Waals surface area contributed by atoms with Gasteiger partial charge in [-0.1, -0.05) is 49.4 Å². The molecular weight excluding hydrogens is 382 g/mol. The highest BCUT2D eigenvalue weighted by Gasteiger charge is 2.24. The standard InChI is InChI=1S/C20H28ClN3O4/c1-13(19(26)23-16-6-4-2-3-5-7-16)28-18(25)12-17(24-20(22)27)14-8-10-15(21)11-9-14/h8-11,13,16-17H,2-7,12H2,1H3,(H,23,26)(H3,22,24,27)/t13-,17-/m1/s1. The summed E-state index contributed by atoms with van der Waals surface area (Å²) in [4.78, 5) is 35.9. The molecule has 7 nitrogen and oxygen atoms in total. The Kier molecular flexibility index (Phi) is 8.57. The Morgan fingerprint density at radius 2 is 1.75 bits per heavy atom. The first kappa shape index (κ1) is 22.0. The van der Waals surface area contributed by atoms with E-state index < -0.39 is 24.1 Å². The molecule has 3 amide bonds. The van der Waals surface area contributed by atoms with Gasteiger partial charge in [-0.25, -0.2) is 4.79 Å². The molecule has 1 aliphatic carbocycles. The first-order valence-corrected chi connectivity index (χ1v) is 10.0. The minimum absolute atomic E-state index is 0.134. The van der Waals surface area contributed by atoms with E-state index in [1.807, 2.05) is 0 Å². The van der Waals surface area contributed by atoms with Crippen molar-refractivity contribution < 1.29 is 19.1 Å². The Hall–Kier alpha value is -2.28. The van der Waals surface area contributed by atoms with Crippen molar-refractivity contribution in [2.45, 2.75) is 70.1 Å². The van der Waals surface area contributed by atoms with E-state index in [0.717, 1.165) is 25.7 Å². The van der Waals surface area contributed by atoms with Gasteiger partial charge >= 0.3 is 12.0 Å². The number of nitrogens with two attached hydrogens (primary N) is 1. The second-order valence-electron chi connectivity index (χ2n) is 7.15. The number of nitrogens with one attached hydrogen (secondary N) is 2. The molecule has 0 saturated heterocycles. The van der Waals surface area contributed by atoms with Crippen LogP contribution in [0.1, 0.15) is 63.5 Å². The zero-order valence-corrected chi connectivity index (χ0v) is 16.8. The first-order valence-electron chi connectivity index (χ1n) is 9.66. The highest BCUT2D eigenvalue weighted by molar-refractivity contribution is 6.30. The van der Waals surface area contributed by atoms with Crippen LogP contribution in [0.2, 0.25) is 5.02 Å². The molecule has 2 atom stereocenters. The van der Waals surface area contributed by atoms with Crippen LogP contribution in [0.15, 0.2) is 24.3 Å². The highest BCUT2D eigenvalue weighted by Crippen LogP contribution is 2.21. The van der Waals surface area contributed by atoms with Crippen molar-refractivity contribution >= 4 is 29.5 Å². The first-order chi connectivity index (χ1) is 13.3. The van der Waals surface area contributed by atoms with Crippen molar-refractivity contribution in [2.75, 3.05) is 0 Å². The van der Waals surface area contributed by atoms with Crippen LogP contribution < -0.4 is 16.4 Å². The number of hydrogen-bond donors (Lipinski definition) is 3. The van der Waals surface area contributed by atoms with E-state index in [0.29, 0.717) is 10.6 Å². The van der Waals surface area contributed by atoms with E-state index in [4.69, 9.17) is 22.1 Å². The molecule has 0 aliphatic heterocycles. The second kappa shape index (κ2) is 10.9. The second-order valence-corrected chi connectivity index (χ2v) is 7.58. The summed E-state index contributed by atoms with van der Waals surface area (Å²) < 4.78 is 5.27. The van der Waals surface area contributed by atoms with Gasteiger partial charge < -0.3 is 21.1 Å². The lowest BCUT2D eigenvalue weighted by atomic mass is 10.0. The molecule has 0 heterocycles. The Balaban J connectivity index is 1.90. The Labute approximate surface area is 170 Å². The van der Waals surface area contributed by atoms with Crippen LogP contribution in [0, 0.1) is 0 Å². The largest absolute Gasteiger partial charge is 0.452 e. The number of halogens is 1. The number of amides is 3. The Morgan fingerprint density at radius 3 is 2.32 bits per heavy atom. The topological polar surface area (TPSA) is 111 Å². The van der Waals surface area contributed by atoms with Gasteiger partial charge in [0.05, 0.1) is 12.5 Å². The smallest absolute Gasteiger partial charge is 0.312 e. The molecule has 0 spiro atoms. The van der Waals surface area contributed by atoms with Crippen molar-refractivity contribution in [1.29, 1.82) is 0 Å². The van der Waals surface area contributed by atoms with Crippen LogP contribution >= 0.6 is 11.6 Å². The summed E-state index contributed by atoms with van der Waals surface area (Å²) in [6, 6.07) is 5.40. The zero-order valence-electron chi connectivity index (χ0n) is 16.1. The van der Waals surface area contributed by atoms with Crippen molar-refractivity contribution in [3.8, 4) is 0 Å². The summed E-state index contributed by atoms with van der Waals surface area (Å²) >= 11 is 5.87. The molecule has 154 valence electrons. The van der Waals surface area contributed by atoms with Crippen LogP contribution in [-0.4, -0.2) is 30.1 Å². The normalized spacial score (nSPS) is 17.1. The lowest BCUT2D eigenvalue weighted by Crippen LogP contribution is -2.42. The summed E-state index contributed by atoms with van der Waals surface area (Å²) in [5.74, 6) is -0.900. The molecule has 1 aromatic carbocycles. The van der Waals surface area contributed by atoms with Crippen LogP contribution in [0.3, 0.4) is 0 Å². The predicted octanol–water partition coefficient (Wildman–Crippen LogP) is 3.21. The van der Waals surface area contributed by atoms with E-state index in [1.54, 1.807) is 31.2 Å². The average molecular weight is 410 g/mol. The van der Waals surface area contributed by atoms with Crippen molar-refractivity contribution in [3.05, 3.63) is 34.9 Å². The third-order valence-corrected chi connectivity index (χ3v) is 5.09. The van der Waals surface area contributed by atoms with Crippen LogP contribution in [0.25, 0.3) is 0 Å². The monoisotopic (exact) mass is 409 g/mol. The molecule has 8 heteroatoms. The van der Waals surface area contributed by atoms with Crippen LogP contribution in [0.5, 0.6) is 0 Å². The van der Waals surface area contributed by atoms with E-state index >= 15 is 0 Å². The predicted molar refractivity (Wildman–Crippen MR) is 107 cm³/mol. The molecule has 4 N–H and O–H groups in total. The van der Waals surface area contributed by atoms with Crippen LogP contribution in [0.4, 0.5) is 4.79 Å². The number of esters is 1. The summed E-state index contributed by atoms with van der Waals surface area (Å²) in [7, 11) is 0. The summed E-state index contributed by atoms with van der Waals surface area (Å²) in [5, 5.41) is 6.02. The molecular formula is C20H28ClN3O4. The summed E-state index contributed by atoms with van der Waals surface area (Å²) in [5.41, 5.74) is 5.87. The molecule has 0 bridgehead atoms. The van der Waals surface area contributed by atoms with Gasteiger partial charge in [0.25, 0.3) is 5.91 Å². The van der Waals surface area contributed by atoms with Gasteiger partial charge in [-0.05, 0) is 37.5 Å².